The van der Waals surface area contributed by atoms with Crippen LogP contribution in [0.5, 0.6) is 0 Å². The van der Waals surface area contributed by atoms with Crippen LogP contribution in [0.15, 0.2) is 18.2 Å². The second kappa shape index (κ2) is 7.04. The molecule has 1 fully saturated rings. The summed E-state index contributed by atoms with van der Waals surface area (Å²) >= 11 is 5.76. The summed E-state index contributed by atoms with van der Waals surface area (Å²) in [7, 11) is 0. The van der Waals surface area contributed by atoms with E-state index in [1.807, 2.05) is 11.8 Å². The molecule has 0 spiro atoms. The molecule has 110 valence electrons. The molecular formula is C15H20ClFN2O. The molecule has 3 nitrogen and oxygen atoms in total. The van der Waals surface area contributed by atoms with Gasteiger partial charge in [-0.2, -0.15) is 0 Å². The Bertz CT molecular complexity index is 475. The Kier molecular flexibility index (Phi) is 5.38. The third-order valence-electron chi connectivity index (χ3n) is 3.69. The van der Waals surface area contributed by atoms with Crippen molar-refractivity contribution in [3.8, 4) is 0 Å². The van der Waals surface area contributed by atoms with Crippen LogP contribution >= 0.6 is 11.6 Å². The van der Waals surface area contributed by atoms with Crippen LogP contribution in [-0.4, -0.2) is 30.4 Å². The van der Waals surface area contributed by atoms with Gasteiger partial charge in [-0.1, -0.05) is 17.7 Å². The Morgan fingerprint density at radius 1 is 1.45 bits per heavy atom. The van der Waals surface area contributed by atoms with Crippen molar-refractivity contribution >= 4 is 17.5 Å². The van der Waals surface area contributed by atoms with E-state index in [2.05, 4.69) is 5.32 Å². The van der Waals surface area contributed by atoms with Gasteiger partial charge in [0.15, 0.2) is 0 Å². The van der Waals surface area contributed by atoms with Crippen molar-refractivity contribution < 1.29 is 9.18 Å². The number of rotatable bonds is 5. The number of amides is 1. The Hall–Kier alpha value is -1.13. The fourth-order valence-electron chi connectivity index (χ4n) is 2.42. The minimum atomic E-state index is -0.410. The molecule has 1 aromatic carbocycles. The summed E-state index contributed by atoms with van der Waals surface area (Å²) in [5.41, 5.74) is 0.921. The number of benzene rings is 1. The Morgan fingerprint density at radius 2 is 2.15 bits per heavy atom. The second-order valence-electron chi connectivity index (χ2n) is 5.19. The molecule has 1 heterocycles. The van der Waals surface area contributed by atoms with Crippen molar-refractivity contribution in [3.05, 3.63) is 34.6 Å². The molecule has 0 aromatic heterocycles. The predicted octanol–water partition coefficient (Wildman–Crippen LogP) is 3.14. The van der Waals surface area contributed by atoms with Crippen LogP contribution in [0.2, 0.25) is 5.02 Å². The van der Waals surface area contributed by atoms with Gasteiger partial charge < -0.3 is 10.2 Å². The number of nitrogens with one attached hydrogen (secondary N) is 1. The lowest BCUT2D eigenvalue weighted by Crippen LogP contribution is -2.31. The van der Waals surface area contributed by atoms with Gasteiger partial charge >= 0.3 is 0 Å². The average molecular weight is 299 g/mol. The van der Waals surface area contributed by atoms with Crippen molar-refractivity contribution in [3.63, 3.8) is 0 Å². The lowest BCUT2D eigenvalue weighted by molar-refractivity contribution is -0.130. The van der Waals surface area contributed by atoms with E-state index in [9.17, 15) is 9.18 Å². The Morgan fingerprint density at radius 3 is 2.80 bits per heavy atom. The van der Waals surface area contributed by atoms with E-state index in [1.165, 1.54) is 6.07 Å². The maximum absolute atomic E-state index is 13.1. The molecule has 5 heteroatoms. The van der Waals surface area contributed by atoms with Crippen LogP contribution in [0.4, 0.5) is 4.39 Å². The van der Waals surface area contributed by atoms with E-state index < -0.39 is 5.82 Å². The van der Waals surface area contributed by atoms with Crippen molar-refractivity contribution in [2.45, 2.75) is 32.2 Å². The number of carbonyl (C=O) groups is 1. The lowest BCUT2D eigenvalue weighted by Gasteiger charge is -2.18. The molecule has 0 radical (unpaired) electrons. The molecular weight excluding hydrogens is 279 g/mol. The number of likely N-dealkylation sites (tertiary alicyclic amines) is 1. The Labute approximate surface area is 124 Å². The first-order valence-electron chi connectivity index (χ1n) is 7.04. The topological polar surface area (TPSA) is 32.3 Å². The molecule has 1 aliphatic heterocycles. The first-order valence-corrected chi connectivity index (χ1v) is 7.42. The first-order chi connectivity index (χ1) is 9.58. The van der Waals surface area contributed by atoms with Crippen LogP contribution in [-0.2, 0) is 4.79 Å². The predicted molar refractivity (Wildman–Crippen MR) is 78.3 cm³/mol. The zero-order valence-corrected chi connectivity index (χ0v) is 12.4. The van der Waals surface area contributed by atoms with Crippen molar-refractivity contribution in [2.24, 2.45) is 0 Å². The first kappa shape index (κ1) is 15.3. The van der Waals surface area contributed by atoms with Gasteiger partial charge in [-0.15, -0.1) is 0 Å². The van der Waals surface area contributed by atoms with Crippen LogP contribution in [0.3, 0.4) is 0 Å². The summed E-state index contributed by atoms with van der Waals surface area (Å²) in [5.74, 6) is -0.203. The summed E-state index contributed by atoms with van der Waals surface area (Å²) in [5, 5.41) is 3.40. The number of carbonyl (C=O) groups excluding carboxylic acids is 1. The SMILES string of the molecule is CC(NCCC(=O)N1CCCC1)c1ccc(F)c(Cl)c1. The summed E-state index contributed by atoms with van der Waals surface area (Å²) in [6.45, 7) is 4.37. The molecule has 1 aromatic rings. The maximum atomic E-state index is 13.1. The summed E-state index contributed by atoms with van der Waals surface area (Å²) < 4.78 is 13.1. The molecule has 1 amide bonds. The third kappa shape index (κ3) is 3.93. The van der Waals surface area contributed by atoms with E-state index in [4.69, 9.17) is 11.6 Å². The maximum Gasteiger partial charge on any atom is 0.223 e. The van der Waals surface area contributed by atoms with E-state index in [1.54, 1.807) is 12.1 Å². The fourth-order valence-corrected chi connectivity index (χ4v) is 2.61. The number of halogens is 2. The largest absolute Gasteiger partial charge is 0.343 e. The summed E-state index contributed by atoms with van der Waals surface area (Å²) in [6.07, 6.45) is 2.73. The van der Waals surface area contributed by atoms with Gasteiger partial charge in [0.25, 0.3) is 0 Å². The molecule has 1 N–H and O–H groups in total. The molecule has 1 aliphatic rings. The smallest absolute Gasteiger partial charge is 0.223 e. The number of hydrogen-bond donors (Lipinski definition) is 1. The van der Waals surface area contributed by atoms with Crippen LogP contribution in [0.1, 0.15) is 37.8 Å². The molecule has 1 atom stereocenters. The number of hydrogen-bond acceptors (Lipinski definition) is 2. The van der Waals surface area contributed by atoms with E-state index in [-0.39, 0.29) is 17.0 Å². The van der Waals surface area contributed by atoms with E-state index in [0.29, 0.717) is 13.0 Å². The minimum absolute atomic E-state index is 0.0412. The lowest BCUT2D eigenvalue weighted by atomic mass is 10.1. The molecule has 0 aliphatic carbocycles. The fraction of sp³-hybridized carbons (Fsp3) is 0.533. The quantitative estimate of drug-likeness (QED) is 0.906. The van der Waals surface area contributed by atoms with Crippen LogP contribution in [0.25, 0.3) is 0 Å². The van der Waals surface area contributed by atoms with Gasteiger partial charge in [0, 0.05) is 32.1 Å². The Balaban J connectivity index is 1.78. The van der Waals surface area contributed by atoms with E-state index in [0.717, 1.165) is 31.5 Å². The van der Waals surface area contributed by atoms with Crippen molar-refractivity contribution in [1.29, 1.82) is 0 Å². The highest BCUT2D eigenvalue weighted by atomic mass is 35.5. The number of nitrogens with zero attached hydrogens (tertiary/aromatic N) is 1. The summed E-state index contributed by atoms with van der Waals surface area (Å²) in [6, 6.07) is 4.74. The normalized spacial score (nSPS) is 16.4. The van der Waals surface area contributed by atoms with Gasteiger partial charge in [0.2, 0.25) is 5.91 Å². The summed E-state index contributed by atoms with van der Waals surface area (Å²) in [4.78, 5) is 13.8. The van der Waals surface area contributed by atoms with Gasteiger partial charge in [-0.05, 0) is 37.5 Å². The molecule has 0 bridgehead atoms. The van der Waals surface area contributed by atoms with Gasteiger partial charge in [-0.25, -0.2) is 4.39 Å². The zero-order valence-electron chi connectivity index (χ0n) is 11.7. The monoisotopic (exact) mass is 298 g/mol. The van der Waals surface area contributed by atoms with Crippen molar-refractivity contribution in [2.75, 3.05) is 19.6 Å². The highest BCUT2D eigenvalue weighted by Crippen LogP contribution is 2.20. The second-order valence-corrected chi connectivity index (χ2v) is 5.59. The molecule has 1 saturated heterocycles. The highest BCUT2D eigenvalue weighted by molar-refractivity contribution is 6.30. The molecule has 20 heavy (non-hydrogen) atoms. The molecule has 0 saturated carbocycles. The van der Waals surface area contributed by atoms with E-state index >= 15 is 0 Å². The zero-order chi connectivity index (χ0) is 14.5. The molecule has 2 rings (SSSR count). The van der Waals surface area contributed by atoms with Crippen LogP contribution < -0.4 is 5.32 Å². The standard InChI is InChI=1S/C15H20ClFN2O/c1-11(12-4-5-14(17)13(16)10-12)18-7-6-15(20)19-8-2-3-9-19/h4-5,10-11,18H,2-3,6-9H2,1H3. The minimum Gasteiger partial charge on any atom is -0.343 e. The molecule has 1 unspecified atom stereocenters. The third-order valence-corrected chi connectivity index (χ3v) is 3.98. The average Bonchev–Trinajstić information content (AvgIpc) is 2.95. The van der Waals surface area contributed by atoms with Gasteiger partial charge in [0.1, 0.15) is 5.82 Å². The van der Waals surface area contributed by atoms with Crippen molar-refractivity contribution in [1.82, 2.24) is 10.2 Å². The highest BCUT2D eigenvalue weighted by Gasteiger charge is 2.17. The van der Waals surface area contributed by atoms with Gasteiger partial charge in [0.05, 0.1) is 5.02 Å². The van der Waals surface area contributed by atoms with Crippen LogP contribution in [0, 0.1) is 5.82 Å². The van der Waals surface area contributed by atoms with Gasteiger partial charge in [-0.3, -0.25) is 4.79 Å².